The van der Waals surface area contributed by atoms with Gasteiger partial charge in [0.05, 0.1) is 17.9 Å². The maximum absolute atomic E-state index is 12.6. The summed E-state index contributed by atoms with van der Waals surface area (Å²) in [7, 11) is 1.78. The van der Waals surface area contributed by atoms with Gasteiger partial charge >= 0.3 is 0 Å². The quantitative estimate of drug-likeness (QED) is 0.175. The van der Waals surface area contributed by atoms with Crippen molar-refractivity contribution in [1.82, 2.24) is 30.4 Å². The molecular formula is C41H69N7O2. The van der Waals surface area contributed by atoms with E-state index in [1.165, 1.54) is 56.9 Å². The molecule has 2 aromatic heterocycles. The molecule has 6 unspecified atom stereocenters. The van der Waals surface area contributed by atoms with Gasteiger partial charge in [0.15, 0.2) is 0 Å². The lowest BCUT2D eigenvalue weighted by Gasteiger charge is -2.30. The van der Waals surface area contributed by atoms with Crippen LogP contribution in [-0.2, 0) is 11.8 Å². The van der Waals surface area contributed by atoms with E-state index in [1.54, 1.807) is 24.0 Å². The highest BCUT2D eigenvalue weighted by molar-refractivity contribution is 6.00. The van der Waals surface area contributed by atoms with Crippen LogP contribution in [-0.4, -0.2) is 43.8 Å². The second kappa shape index (κ2) is 20.6. The molecular weight excluding hydrogens is 622 g/mol. The van der Waals surface area contributed by atoms with Crippen molar-refractivity contribution in [3.05, 3.63) is 46.8 Å². The van der Waals surface area contributed by atoms with Gasteiger partial charge in [0, 0.05) is 37.8 Å². The Kier molecular flexibility index (Phi) is 17.0. The zero-order chi connectivity index (χ0) is 36.8. The summed E-state index contributed by atoms with van der Waals surface area (Å²) in [6.45, 7) is 18.1. The lowest BCUT2D eigenvalue weighted by molar-refractivity contribution is -0.127. The third kappa shape index (κ3) is 12.8. The molecule has 2 aromatic rings. The number of piperidine rings is 1. The van der Waals surface area contributed by atoms with Gasteiger partial charge < -0.3 is 21.0 Å². The first kappa shape index (κ1) is 41.2. The number of rotatable bonds is 11. The van der Waals surface area contributed by atoms with E-state index in [0.717, 1.165) is 67.1 Å². The van der Waals surface area contributed by atoms with Gasteiger partial charge in [-0.2, -0.15) is 5.10 Å². The van der Waals surface area contributed by atoms with Gasteiger partial charge in [-0.3, -0.25) is 14.3 Å². The molecule has 6 atom stereocenters. The van der Waals surface area contributed by atoms with Crippen molar-refractivity contribution < 1.29 is 9.59 Å². The number of carbonyl (C=O) groups excluding carboxylic acids is 2. The Morgan fingerprint density at radius 2 is 1.80 bits per heavy atom. The summed E-state index contributed by atoms with van der Waals surface area (Å²) >= 11 is 0. The highest BCUT2D eigenvalue weighted by Gasteiger charge is 2.29. The summed E-state index contributed by atoms with van der Waals surface area (Å²) in [5.74, 6) is 4.95. The molecule has 9 heteroatoms. The first-order chi connectivity index (χ1) is 23.8. The van der Waals surface area contributed by atoms with Crippen LogP contribution in [0.1, 0.15) is 160 Å². The molecule has 4 N–H and O–H groups in total. The SMILES string of the molecule is CCC(C)=C(C)C(=N)CC1CC(C)CNC1=O.CCC(C)CC1CCC(C)C1.Cc1ncc(C(NC(=O)c2ccnn2C)C2CCCCC2)[nH]1. The minimum Gasteiger partial charge on any atom is -0.356 e. The molecule has 5 rings (SSSR count). The van der Waals surface area contributed by atoms with E-state index in [-0.39, 0.29) is 23.8 Å². The van der Waals surface area contributed by atoms with Crippen LogP contribution in [0.3, 0.4) is 0 Å². The number of H-pyrrole nitrogens is 1. The van der Waals surface area contributed by atoms with Crippen molar-refractivity contribution in [1.29, 1.82) is 5.41 Å². The van der Waals surface area contributed by atoms with E-state index in [2.05, 4.69) is 67.2 Å². The molecule has 0 spiro atoms. The molecule has 2 aliphatic carbocycles. The number of imidazole rings is 1. The highest BCUT2D eigenvalue weighted by Crippen LogP contribution is 2.35. The molecule has 2 amide bonds. The number of aryl methyl sites for hydroxylation is 2. The van der Waals surface area contributed by atoms with E-state index in [0.29, 0.717) is 29.7 Å². The summed E-state index contributed by atoms with van der Waals surface area (Å²) in [6.07, 6.45) is 19.4. The van der Waals surface area contributed by atoms with Crippen molar-refractivity contribution in [2.24, 2.45) is 42.6 Å². The molecule has 1 aliphatic heterocycles. The van der Waals surface area contributed by atoms with E-state index in [9.17, 15) is 9.59 Å². The lowest BCUT2D eigenvalue weighted by atomic mass is 9.82. The predicted octanol–water partition coefficient (Wildman–Crippen LogP) is 9.28. The first-order valence-corrected chi connectivity index (χ1v) is 19.6. The molecule has 0 radical (unpaired) electrons. The molecule has 3 fully saturated rings. The third-order valence-electron chi connectivity index (χ3n) is 11.5. The van der Waals surface area contributed by atoms with Gasteiger partial charge in [-0.25, -0.2) is 4.98 Å². The van der Waals surface area contributed by atoms with E-state index >= 15 is 0 Å². The average Bonchev–Trinajstić information content (AvgIpc) is 3.86. The van der Waals surface area contributed by atoms with Crippen LogP contribution in [0.5, 0.6) is 0 Å². The topological polar surface area (TPSA) is 129 Å². The molecule has 2 saturated carbocycles. The van der Waals surface area contributed by atoms with Crippen LogP contribution in [0.15, 0.2) is 29.6 Å². The van der Waals surface area contributed by atoms with Crippen LogP contribution in [0.25, 0.3) is 0 Å². The molecule has 9 nitrogen and oxygen atoms in total. The van der Waals surface area contributed by atoms with Crippen LogP contribution >= 0.6 is 0 Å². The van der Waals surface area contributed by atoms with Gasteiger partial charge in [0.1, 0.15) is 11.5 Å². The van der Waals surface area contributed by atoms with Crippen LogP contribution in [0.4, 0.5) is 0 Å². The van der Waals surface area contributed by atoms with Gasteiger partial charge in [0.2, 0.25) is 5.91 Å². The summed E-state index contributed by atoms with van der Waals surface area (Å²) in [5.41, 5.74) is 4.51. The van der Waals surface area contributed by atoms with Crippen molar-refractivity contribution >= 4 is 17.5 Å². The summed E-state index contributed by atoms with van der Waals surface area (Å²) in [5, 5.41) is 18.3. The largest absolute Gasteiger partial charge is 0.356 e. The number of aromatic amines is 1. The Hall–Kier alpha value is -3.23. The zero-order valence-corrected chi connectivity index (χ0v) is 32.8. The van der Waals surface area contributed by atoms with Gasteiger partial charge in [-0.15, -0.1) is 0 Å². The molecule has 50 heavy (non-hydrogen) atoms. The Morgan fingerprint density at radius 3 is 2.36 bits per heavy atom. The molecule has 1 saturated heterocycles. The fourth-order valence-electron chi connectivity index (χ4n) is 7.79. The van der Waals surface area contributed by atoms with Crippen molar-refractivity contribution in [2.45, 2.75) is 145 Å². The predicted molar refractivity (Wildman–Crippen MR) is 205 cm³/mol. The summed E-state index contributed by atoms with van der Waals surface area (Å²) in [6, 6.07) is 1.73. The van der Waals surface area contributed by atoms with Gasteiger partial charge in [0.25, 0.3) is 5.91 Å². The average molecular weight is 692 g/mol. The molecule has 0 bridgehead atoms. The standard InChI is InChI=1S/C16H23N5O.C14H24N2O.C11H22/c1-11-17-10-13(19-11)15(12-6-4-3-5-7-12)20-16(22)14-8-9-18-21(14)2;1-5-10(3)11(4)13(15)7-12-6-9(2)8-16-14(12)17;1-4-9(2)7-11-6-5-10(3)8-11/h8-10,12,15H,3-7H2,1-2H3,(H,17,19)(H,20,22);9,12,15H,5-8H2,1-4H3,(H,16,17);9-11H,4-8H2,1-3H3. The fraction of sp³-hybridized carbons (Fsp3) is 0.732. The smallest absolute Gasteiger partial charge is 0.270 e. The minimum absolute atomic E-state index is 0.00847. The Balaban J connectivity index is 0.000000215. The van der Waals surface area contributed by atoms with Crippen molar-refractivity contribution in [2.75, 3.05) is 6.54 Å². The molecule has 3 aliphatic rings. The van der Waals surface area contributed by atoms with E-state index in [1.807, 2.05) is 20.0 Å². The Bertz CT molecular complexity index is 1380. The van der Waals surface area contributed by atoms with E-state index in [4.69, 9.17) is 5.41 Å². The van der Waals surface area contributed by atoms with E-state index < -0.39 is 0 Å². The molecule has 3 heterocycles. The maximum Gasteiger partial charge on any atom is 0.270 e. The number of aromatic nitrogens is 4. The summed E-state index contributed by atoms with van der Waals surface area (Å²) in [4.78, 5) is 31.9. The first-order valence-electron chi connectivity index (χ1n) is 19.6. The number of amides is 2. The minimum atomic E-state index is -0.0807. The second-order valence-electron chi connectivity index (χ2n) is 15.9. The zero-order valence-electron chi connectivity index (χ0n) is 32.8. The van der Waals surface area contributed by atoms with Crippen molar-refractivity contribution in [3.8, 4) is 0 Å². The fourth-order valence-corrected chi connectivity index (χ4v) is 7.79. The van der Waals surface area contributed by atoms with Gasteiger partial charge in [-0.1, -0.05) is 78.7 Å². The normalized spacial score (nSPS) is 24.1. The monoisotopic (exact) mass is 692 g/mol. The third-order valence-corrected chi connectivity index (χ3v) is 11.5. The summed E-state index contributed by atoms with van der Waals surface area (Å²) < 4.78 is 1.60. The Morgan fingerprint density at radius 1 is 1.08 bits per heavy atom. The van der Waals surface area contributed by atoms with Crippen LogP contribution in [0, 0.1) is 47.8 Å². The Labute approximate surface area is 303 Å². The number of hydrogen-bond acceptors (Lipinski definition) is 5. The lowest BCUT2D eigenvalue weighted by Crippen LogP contribution is -2.41. The second-order valence-corrected chi connectivity index (χ2v) is 15.9. The highest BCUT2D eigenvalue weighted by atomic mass is 16.2. The molecule has 280 valence electrons. The maximum atomic E-state index is 12.6. The number of allylic oxidation sites excluding steroid dienone is 2. The van der Waals surface area contributed by atoms with Gasteiger partial charge in [-0.05, 0) is 101 Å². The molecule has 0 aromatic carbocycles. The van der Waals surface area contributed by atoms with Crippen LogP contribution in [0.2, 0.25) is 0 Å². The number of carbonyl (C=O) groups is 2. The number of nitrogens with one attached hydrogen (secondary N) is 4. The number of nitrogens with zero attached hydrogens (tertiary/aromatic N) is 3. The number of hydrogen-bond donors (Lipinski definition) is 4. The van der Waals surface area contributed by atoms with Crippen molar-refractivity contribution in [3.63, 3.8) is 0 Å². The van der Waals surface area contributed by atoms with Crippen LogP contribution < -0.4 is 10.6 Å².